The summed E-state index contributed by atoms with van der Waals surface area (Å²) in [6, 6.07) is 11.0. The molecule has 0 atom stereocenters. The number of likely N-dealkylation sites (tertiary alicyclic amines) is 1. The fourth-order valence-corrected chi connectivity index (χ4v) is 3.08. The van der Waals surface area contributed by atoms with Crippen LogP contribution in [0.4, 0.5) is 0 Å². The Balaban J connectivity index is 1.30. The third-order valence-corrected chi connectivity index (χ3v) is 4.66. The first kappa shape index (κ1) is 19.8. The van der Waals surface area contributed by atoms with Gasteiger partial charge in [-0.15, -0.1) is 10.2 Å². The second-order valence-corrected chi connectivity index (χ2v) is 7.33. The van der Waals surface area contributed by atoms with Gasteiger partial charge >= 0.3 is 11.8 Å². The third kappa shape index (κ3) is 4.41. The van der Waals surface area contributed by atoms with Crippen molar-refractivity contribution in [2.75, 3.05) is 34.3 Å². The molecule has 4 rings (SSSR count). The van der Waals surface area contributed by atoms with Crippen molar-refractivity contribution in [1.29, 1.82) is 0 Å². The molecule has 1 aliphatic rings. The maximum atomic E-state index is 12.6. The molecule has 0 N–H and O–H groups in total. The number of nitrogens with zero attached hydrogens (tertiary/aromatic N) is 5. The molecule has 2 aromatic heterocycles. The van der Waals surface area contributed by atoms with Crippen molar-refractivity contribution in [3.8, 4) is 23.1 Å². The van der Waals surface area contributed by atoms with Crippen LogP contribution in [0, 0.1) is 0 Å². The van der Waals surface area contributed by atoms with Crippen LogP contribution in [0.25, 0.3) is 11.5 Å². The molecule has 0 unspecified atom stereocenters. The van der Waals surface area contributed by atoms with E-state index in [1.165, 1.54) is 0 Å². The van der Waals surface area contributed by atoms with Crippen molar-refractivity contribution >= 4 is 5.91 Å². The molecule has 0 bridgehead atoms. The topological polar surface area (TPSA) is 93.8 Å². The Morgan fingerprint density at radius 3 is 2.57 bits per heavy atom. The largest absolute Gasteiger partial charge is 0.497 e. The summed E-state index contributed by atoms with van der Waals surface area (Å²) in [5.41, 5.74) is 1.83. The van der Waals surface area contributed by atoms with Gasteiger partial charge in [-0.2, -0.15) is 0 Å². The maximum absolute atomic E-state index is 12.6. The lowest BCUT2D eigenvalue weighted by Crippen LogP contribution is -2.56. The Hall–Kier alpha value is -3.46. The lowest BCUT2D eigenvalue weighted by atomic mass is 10.1. The van der Waals surface area contributed by atoms with Crippen LogP contribution in [0.2, 0.25) is 0 Å². The molecule has 1 saturated heterocycles. The number of aromatic nitrogens is 3. The molecule has 0 aliphatic carbocycles. The van der Waals surface area contributed by atoms with E-state index >= 15 is 0 Å². The van der Waals surface area contributed by atoms with Crippen LogP contribution in [0.15, 0.2) is 47.0 Å². The van der Waals surface area contributed by atoms with E-state index in [-0.39, 0.29) is 23.8 Å². The van der Waals surface area contributed by atoms with Crippen molar-refractivity contribution in [3.63, 3.8) is 0 Å². The number of ether oxygens (including phenoxy) is 2. The molecule has 1 amide bonds. The van der Waals surface area contributed by atoms with Gasteiger partial charge in [-0.3, -0.25) is 4.79 Å². The molecule has 1 fully saturated rings. The number of methoxy groups -OCH3 is 1. The Morgan fingerprint density at radius 1 is 1.17 bits per heavy atom. The van der Waals surface area contributed by atoms with Crippen molar-refractivity contribution in [3.05, 3.63) is 54.0 Å². The highest BCUT2D eigenvalue weighted by atomic mass is 16.5. The minimum atomic E-state index is -0.309. The summed E-state index contributed by atoms with van der Waals surface area (Å²) >= 11 is 0. The first-order valence-corrected chi connectivity index (χ1v) is 9.55. The van der Waals surface area contributed by atoms with Crippen molar-refractivity contribution in [1.82, 2.24) is 25.0 Å². The number of carbonyl (C=O) groups is 1. The summed E-state index contributed by atoms with van der Waals surface area (Å²) in [5, 5.41) is 7.85. The summed E-state index contributed by atoms with van der Waals surface area (Å²) in [5.74, 6) is 1.22. The van der Waals surface area contributed by atoms with Gasteiger partial charge in [0.25, 0.3) is 0 Å². The lowest BCUT2D eigenvalue weighted by Gasteiger charge is -2.37. The van der Waals surface area contributed by atoms with E-state index in [1.807, 2.05) is 26.2 Å². The zero-order chi connectivity index (χ0) is 21.1. The normalized spacial score (nSPS) is 13.9. The Kier molecular flexibility index (Phi) is 5.62. The Bertz CT molecular complexity index is 995. The van der Waals surface area contributed by atoms with E-state index in [9.17, 15) is 4.79 Å². The van der Waals surface area contributed by atoms with Crippen molar-refractivity contribution in [2.24, 2.45) is 0 Å². The van der Waals surface area contributed by atoms with E-state index in [0.29, 0.717) is 19.0 Å². The van der Waals surface area contributed by atoms with Gasteiger partial charge in [-0.25, -0.2) is 4.98 Å². The minimum absolute atomic E-state index is 0.0366. The van der Waals surface area contributed by atoms with E-state index in [0.717, 1.165) is 23.4 Å². The first-order chi connectivity index (χ1) is 14.5. The monoisotopic (exact) mass is 409 g/mol. The average molecular weight is 409 g/mol. The molecular formula is C21H23N5O4. The number of amides is 1. The summed E-state index contributed by atoms with van der Waals surface area (Å²) < 4.78 is 16.5. The molecule has 0 radical (unpaired) electrons. The quantitative estimate of drug-likeness (QED) is 0.586. The second kappa shape index (κ2) is 8.50. The summed E-state index contributed by atoms with van der Waals surface area (Å²) in [6.07, 6.45) is 1.70. The third-order valence-electron chi connectivity index (χ3n) is 4.66. The van der Waals surface area contributed by atoms with Crippen molar-refractivity contribution in [2.45, 2.75) is 12.6 Å². The average Bonchev–Trinajstić information content (AvgIpc) is 3.21. The van der Waals surface area contributed by atoms with Crippen LogP contribution in [-0.4, -0.2) is 71.3 Å². The lowest BCUT2D eigenvalue weighted by molar-refractivity contribution is 0.0132. The second-order valence-electron chi connectivity index (χ2n) is 7.33. The van der Waals surface area contributed by atoms with Crippen LogP contribution in [0.3, 0.4) is 0 Å². The van der Waals surface area contributed by atoms with E-state index < -0.39 is 0 Å². The molecule has 0 spiro atoms. The van der Waals surface area contributed by atoms with Crippen LogP contribution in [0.5, 0.6) is 11.6 Å². The highest BCUT2D eigenvalue weighted by Gasteiger charge is 2.35. The first-order valence-electron chi connectivity index (χ1n) is 9.55. The predicted molar refractivity (Wildman–Crippen MR) is 108 cm³/mol. The van der Waals surface area contributed by atoms with Gasteiger partial charge in [0.15, 0.2) is 0 Å². The molecule has 0 saturated carbocycles. The smallest absolute Gasteiger partial charge is 0.311 e. The molecule has 1 aromatic carbocycles. The molecule has 3 aromatic rings. The highest BCUT2D eigenvalue weighted by molar-refractivity contribution is 5.90. The number of benzene rings is 1. The fourth-order valence-electron chi connectivity index (χ4n) is 3.08. The van der Waals surface area contributed by atoms with Gasteiger partial charge in [-0.05, 0) is 43.9 Å². The van der Waals surface area contributed by atoms with Gasteiger partial charge in [0.2, 0.25) is 11.8 Å². The Labute approximate surface area is 174 Å². The number of hydrogen-bond acceptors (Lipinski definition) is 8. The highest BCUT2D eigenvalue weighted by Crippen LogP contribution is 2.23. The van der Waals surface area contributed by atoms with Gasteiger partial charge in [-0.1, -0.05) is 6.07 Å². The van der Waals surface area contributed by atoms with Gasteiger partial charge in [0.05, 0.1) is 20.2 Å². The number of carbonyl (C=O) groups excluding carboxylic acids is 1. The van der Waals surface area contributed by atoms with Gasteiger partial charge in [0, 0.05) is 24.4 Å². The van der Waals surface area contributed by atoms with Gasteiger partial charge < -0.3 is 23.7 Å². The minimum Gasteiger partial charge on any atom is -0.497 e. The molecular weight excluding hydrogens is 386 g/mol. The van der Waals surface area contributed by atoms with Crippen LogP contribution in [0.1, 0.15) is 16.2 Å². The van der Waals surface area contributed by atoms with E-state index in [4.69, 9.17) is 13.9 Å². The van der Waals surface area contributed by atoms with E-state index in [1.54, 1.807) is 42.5 Å². The summed E-state index contributed by atoms with van der Waals surface area (Å²) in [4.78, 5) is 20.6. The molecule has 1 aliphatic heterocycles. The molecule has 3 heterocycles. The molecule has 156 valence electrons. The number of hydrogen-bond donors (Lipinski definition) is 0. The summed E-state index contributed by atoms with van der Waals surface area (Å²) in [6.45, 7) is 1.71. The van der Waals surface area contributed by atoms with Crippen molar-refractivity contribution < 1.29 is 18.7 Å². The van der Waals surface area contributed by atoms with Gasteiger partial charge in [0.1, 0.15) is 11.9 Å². The SMILES string of the molecule is COc1ccc(-c2nnc(C(=O)N3CC(Oc4ccc(CN(C)C)cn4)C3)o2)cc1. The predicted octanol–water partition coefficient (Wildman–Crippen LogP) is 2.11. The Morgan fingerprint density at radius 2 is 1.93 bits per heavy atom. The zero-order valence-electron chi connectivity index (χ0n) is 17.1. The molecule has 9 heteroatoms. The van der Waals surface area contributed by atoms with Crippen LogP contribution >= 0.6 is 0 Å². The molecule has 9 nitrogen and oxygen atoms in total. The van der Waals surface area contributed by atoms with Crippen LogP contribution in [-0.2, 0) is 6.54 Å². The number of pyridine rings is 1. The molecule has 30 heavy (non-hydrogen) atoms. The standard InChI is InChI=1S/C21H23N5O4/c1-25(2)11-14-4-9-18(22-10-14)29-17-12-26(13-17)21(27)20-24-23-19(30-20)15-5-7-16(28-3)8-6-15/h4-10,17H,11-13H2,1-3H3. The maximum Gasteiger partial charge on any atom is 0.311 e. The van der Waals surface area contributed by atoms with Crippen LogP contribution < -0.4 is 9.47 Å². The number of rotatable bonds is 7. The zero-order valence-corrected chi connectivity index (χ0v) is 17.1. The fraction of sp³-hybridized carbons (Fsp3) is 0.333. The summed E-state index contributed by atoms with van der Waals surface area (Å²) in [7, 11) is 5.61. The van der Waals surface area contributed by atoms with E-state index in [2.05, 4.69) is 20.1 Å².